The highest BCUT2D eigenvalue weighted by Gasteiger charge is 2.43. The zero-order valence-corrected chi connectivity index (χ0v) is 17.3. The van der Waals surface area contributed by atoms with Crippen molar-refractivity contribution in [2.24, 2.45) is 0 Å². The van der Waals surface area contributed by atoms with E-state index in [0.29, 0.717) is 36.1 Å². The highest BCUT2D eigenvalue weighted by molar-refractivity contribution is 6.35. The number of hydrogen-bond donors (Lipinski definition) is 1. The number of rotatable bonds is 4. The fourth-order valence-electron chi connectivity index (χ4n) is 3.70. The molecular formula is C21H24Cl2N2O2. The third-order valence-electron chi connectivity index (χ3n) is 5.16. The van der Waals surface area contributed by atoms with E-state index in [9.17, 15) is 4.79 Å². The van der Waals surface area contributed by atoms with Gasteiger partial charge in [-0.2, -0.15) is 0 Å². The van der Waals surface area contributed by atoms with Crippen molar-refractivity contribution in [3.63, 3.8) is 0 Å². The number of carbonyl (C=O) groups is 1. The van der Waals surface area contributed by atoms with Crippen LogP contribution in [-0.2, 0) is 14.9 Å². The van der Waals surface area contributed by atoms with Crippen LogP contribution in [0.4, 0.5) is 11.4 Å². The molecule has 1 fully saturated rings. The summed E-state index contributed by atoms with van der Waals surface area (Å²) in [6, 6.07) is 11.3. The maximum absolute atomic E-state index is 13.4. The number of amides is 1. The minimum atomic E-state index is -0.728. The summed E-state index contributed by atoms with van der Waals surface area (Å²) < 4.78 is 5.52. The normalized spacial score (nSPS) is 16.0. The van der Waals surface area contributed by atoms with Crippen LogP contribution in [0.25, 0.3) is 0 Å². The Balaban J connectivity index is 1.94. The Labute approximate surface area is 170 Å². The molecule has 0 spiro atoms. The topological polar surface area (TPSA) is 41.6 Å². The molecule has 0 atom stereocenters. The summed E-state index contributed by atoms with van der Waals surface area (Å²) in [6.07, 6.45) is 1.16. The molecule has 0 unspecified atom stereocenters. The van der Waals surface area contributed by atoms with Gasteiger partial charge in [-0.05, 0) is 61.2 Å². The zero-order chi connectivity index (χ0) is 19.6. The predicted octanol–water partition coefficient (Wildman–Crippen LogP) is 5.05. The van der Waals surface area contributed by atoms with E-state index in [2.05, 4.69) is 5.32 Å². The number of ether oxygens (including phenoxy) is 1. The molecule has 27 heavy (non-hydrogen) atoms. The molecule has 2 aromatic rings. The summed E-state index contributed by atoms with van der Waals surface area (Å²) >= 11 is 12.5. The van der Waals surface area contributed by atoms with Crippen molar-refractivity contribution in [1.29, 1.82) is 0 Å². The van der Waals surface area contributed by atoms with Crippen LogP contribution in [0, 0.1) is 6.92 Å². The summed E-state index contributed by atoms with van der Waals surface area (Å²) in [5.74, 6) is -0.0629. The largest absolute Gasteiger partial charge is 0.381 e. The Morgan fingerprint density at radius 1 is 1.11 bits per heavy atom. The van der Waals surface area contributed by atoms with Crippen LogP contribution >= 0.6 is 23.2 Å². The van der Waals surface area contributed by atoms with Gasteiger partial charge in [0, 0.05) is 48.7 Å². The van der Waals surface area contributed by atoms with E-state index in [-0.39, 0.29) is 5.91 Å². The number of carbonyl (C=O) groups excluding carboxylic acids is 1. The molecule has 1 saturated heterocycles. The van der Waals surface area contributed by atoms with Gasteiger partial charge in [-0.25, -0.2) is 0 Å². The summed E-state index contributed by atoms with van der Waals surface area (Å²) in [5.41, 5.74) is 3.07. The Kier molecular flexibility index (Phi) is 5.99. The Hall–Kier alpha value is -1.75. The average Bonchev–Trinajstić information content (AvgIpc) is 2.62. The fraction of sp³-hybridized carbons (Fsp3) is 0.381. The number of benzene rings is 2. The van der Waals surface area contributed by atoms with Crippen molar-refractivity contribution in [2.75, 3.05) is 37.5 Å². The van der Waals surface area contributed by atoms with E-state index in [4.69, 9.17) is 27.9 Å². The highest BCUT2D eigenvalue weighted by Crippen LogP contribution is 2.40. The van der Waals surface area contributed by atoms with E-state index in [1.165, 1.54) is 0 Å². The lowest BCUT2D eigenvalue weighted by atomic mass is 9.73. The molecule has 1 aliphatic rings. The molecule has 2 aromatic carbocycles. The maximum Gasteiger partial charge on any atom is 0.235 e. The number of halogens is 2. The van der Waals surface area contributed by atoms with Crippen molar-refractivity contribution in [2.45, 2.75) is 25.2 Å². The lowest BCUT2D eigenvalue weighted by Crippen LogP contribution is -2.45. The number of aryl methyl sites for hydroxylation is 1. The lowest BCUT2D eigenvalue weighted by Gasteiger charge is -2.37. The minimum absolute atomic E-state index is 0.0629. The molecule has 144 valence electrons. The Morgan fingerprint density at radius 2 is 1.81 bits per heavy atom. The number of anilines is 2. The molecule has 0 aliphatic carbocycles. The first-order valence-electron chi connectivity index (χ1n) is 8.96. The van der Waals surface area contributed by atoms with Crippen LogP contribution in [0.15, 0.2) is 36.4 Å². The standard InChI is InChI=1S/C21H24Cl2N2O2/c1-14-12-16(5-7-19(14)25(2)3)24-20(26)21(8-10-27-11-9-21)17-6-4-15(22)13-18(17)23/h4-7,12-13H,8-11H2,1-3H3,(H,24,26). The van der Waals surface area contributed by atoms with Gasteiger partial charge in [0.05, 0.1) is 5.41 Å². The van der Waals surface area contributed by atoms with Crippen molar-refractivity contribution in [3.8, 4) is 0 Å². The van der Waals surface area contributed by atoms with E-state index in [0.717, 1.165) is 22.5 Å². The van der Waals surface area contributed by atoms with Crippen molar-refractivity contribution in [3.05, 3.63) is 57.6 Å². The van der Waals surface area contributed by atoms with Gasteiger partial charge < -0.3 is 15.0 Å². The van der Waals surface area contributed by atoms with Gasteiger partial charge in [0.1, 0.15) is 0 Å². The van der Waals surface area contributed by atoms with Crippen molar-refractivity contribution in [1.82, 2.24) is 0 Å². The number of hydrogen-bond acceptors (Lipinski definition) is 3. The second-order valence-electron chi connectivity index (χ2n) is 7.17. The summed E-state index contributed by atoms with van der Waals surface area (Å²) in [4.78, 5) is 15.4. The zero-order valence-electron chi connectivity index (χ0n) is 15.8. The van der Waals surface area contributed by atoms with Crippen LogP contribution in [0.1, 0.15) is 24.0 Å². The van der Waals surface area contributed by atoms with Crippen molar-refractivity contribution >= 4 is 40.5 Å². The average molecular weight is 407 g/mol. The number of nitrogens with zero attached hydrogens (tertiary/aromatic N) is 1. The second-order valence-corrected chi connectivity index (χ2v) is 8.01. The van der Waals surface area contributed by atoms with Crippen LogP contribution in [0.5, 0.6) is 0 Å². The monoisotopic (exact) mass is 406 g/mol. The van der Waals surface area contributed by atoms with E-state index < -0.39 is 5.41 Å². The van der Waals surface area contributed by atoms with Gasteiger partial charge in [0.25, 0.3) is 0 Å². The molecule has 0 saturated carbocycles. The first-order valence-corrected chi connectivity index (χ1v) is 9.72. The van der Waals surface area contributed by atoms with E-state index in [1.54, 1.807) is 12.1 Å². The van der Waals surface area contributed by atoms with Gasteiger partial charge >= 0.3 is 0 Å². The highest BCUT2D eigenvalue weighted by atomic mass is 35.5. The molecule has 0 aromatic heterocycles. The molecule has 4 nitrogen and oxygen atoms in total. The van der Waals surface area contributed by atoms with Gasteiger partial charge in [-0.1, -0.05) is 29.3 Å². The fourth-order valence-corrected chi connectivity index (χ4v) is 4.29. The molecule has 1 N–H and O–H groups in total. The van der Waals surface area contributed by atoms with Crippen LogP contribution in [0.2, 0.25) is 10.0 Å². The smallest absolute Gasteiger partial charge is 0.235 e. The Bertz CT molecular complexity index is 846. The summed E-state index contributed by atoms with van der Waals surface area (Å²) in [5, 5.41) is 4.16. The van der Waals surface area contributed by atoms with Gasteiger partial charge in [0.2, 0.25) is 5.91 Å². The molecular weight excluding hydrogens is 383 g/mol. The lowest BCUT2D eigenvalue weighted by molar-refractivity contribution is -0.125. The van der Waals surface area contributed by atoms with Gasteiger partial charge in [-0.15, -0.1) is 0 Å². The first-order chi connectivity index (χ1) is 12.8. The molecule has 3 rings (SSSR count). The van der Waals surface area contributed by atoms with E-state index >= 15 is 0 Å². The van der Waals surface area contributed by atoms with Crippen LogP contribution in [-0.4, -0.2) is 33.2 Å². The SMILES string of the molecule is Cc1cc(NC(=O)C2(c3ccc(Cl)cc3Cl)CCOCC2)ccc1N(C)C. The maximum atomic E-state index is 13.4. The molecule has 0 radical (unpaired) electrons. The van der Waals surface area contributed by atoms with Gasteiger partial charge in [0.15, 0.2) is 0 Å². The quantitative estimate of drug-likeness (QED) is 0.771. The van der Waals surface area contributed by atoms with Crippen molar-refractivity contribution < 1.29 is 9.53 Å². The van der Waals surface area contributed by atoms with Crippen LogP contribution in [0.3, 0.4) is 0 Å². The third kappa shape index (κ3) is 4.08. The second kappa shape index (κ2) is 8.09. The van der Waals surface area contributed by atoms with Gasteiger partial charge in [-0.3, -0.25) is 4.79 Å². The summed E-state index contributed by atoms with van der Waals surface area (Å²) in [6.45, 7) is 3.07. The predicted molar refractivity (Wildman–Crippen MR) is 112 cm³/mol. The molecule has 1 amide bonds. The van der Waals surface area contributed by atoms with Crippen LogP contribution < -0.4 is 10.2 Å². The first kappa shape index (κ1) is 20.0. The molecule has 6 heteroatoms. The molecule has 1 heterocycles. The van der Waals surface area contributed by atoms with E-state index in [1.807, 2.05) is 50.2 Å². The summed E-state index contributed by atoms with van der Waals surface area (Å²) in [7, 11) is 4.00. The molecule has 1 aliphatic heterocycles. The number of nitrogens with one attached hydrogen (secondary N) is 1. The minimum Gasteiger partial charge on any atom is -0.381 e. The Morgan fingerprint density at radius 3 is 2.41 bits per heavy atom. The molecule has 0 bridgehead atoms. The third-order valence-corrected chi connectivity index (χ3v) is 5.71.